The Morgan fingerprint density at radius 1 is 1.14 bits per heavy atom. The molecule has 43 heavy (non-hydrogen) atoms. The molecule has 4 aliphatic heterocycles. The van der Waals surface area contributed by atoms with Crippen LogP contribution in [0.4, 0.5) is 0 Å². The molecule has 0 spiro atoms. The molecule has 2 aromatic carbocycles. The van der Waals surface area contributed by atoms with Crippen LogP contribution in [0.15, 0.2) is 23.8 Å². The monoisotopic (exact) mass is 588 g/mol. The number of ether oxygens (including phenoxy) is 6. The largest absolute Gasteiger partial charge is 0.493 e. The maximum Gasteiger partial charge on any atom is 0.231 e. The summed E-state index contributed by atoms with van der Waals surface area (Å²) in [5, 5.41) is 14.8. The zero-order valence-corrected chi connectivity index (χ0v) is 25.1. The summed E-state index contributed by atoms with van der Waals surface area (Å²) in [6.45, 7) is 8.36. The molecule has 0 saturated carbocycles. The smallest absolute Gasteiger partial charge is 0.231 e. The summed E-state index contributed by atoms with van der Waals surface area (Å²) in [6, 6.07) is 3.33. The molecule has 0 aliphatic carbocycles. The minimum Gasteiger partial charge on any atom is -0.493 e. The van der Waals surface area contributed by atoms with E-state index in [1.165, 1.54) is 0 Å². The van der Waals surface area contributed by atoms with Crippen molar-refractivity contribution in [3.8, 4) is 34.8 Å². The van der Waals surface area contributed by atoms with Crippen molar-refractivity contribution >= 4 is 0 Å². The molecule has 12 heteroatoms. The minimum absolute atomic E-state index is 0.0614. The molecule has 5 atom stereocenters. The van der Waals surface area contributed by atoms with Gasteiger partial charge in [-0.1, -0.05) is 23.8 Å². The van der Waals surface area contributed by atoms with E-state index in [0.717, 1.165) is 33.4 Å². The third-order valence-electron chi connectivity index (χ3n) is 9.23. The molecule has 1 saturated heterocycles. The summed E-state index contributed by atoms with van der Waals surface area (Å²) in [4.78, 5) is 7.65. The fourth-order valence-electron chi connectivity index (χ4n) is 7.70. The topological polar surface area (TPSA) is 134 Å². The van der Waals surface area contributed by atoms with Gasteiger partial charge in [-0.15, -0.1) is 0 Å². The van der Waals surface area contributed by atoms with Crippen molar-refractivity contribution in [2.45, 2.75) is 56.9 Å². The maximum atomic E-state index is 10.7. The molecular weight excluding hydrogens is 552 g/mol. The van der Waals surface area contributed by atoms with Crippen LogP contribution in [0.25, 0.3) is 10.4 Å². The van der Waals surface area contributed by atoms with Gasteiger partial charge in [0, 0.05) is 58.9 Å². The number of nitriles is 1. The summed E-state index contributed by atoms with van der Waals surface area (Å²) >= 11 is 0. The molecule has 226 valence electrons. The lowest BCUT2D eigenvalue weighted by Gasteiger charge is -2.60. The fraction of sp³-hybridized carbons (Fsp3) is 0.516. The SMILES string of the molecule is C=CCOc1c(C)c2c(c3c1C[C@H]1C4c5c(cc(C)c(OC)c5OCOC)C[C@@H]([C@H](C#N)N1[C@H]3CN=[N+]=[N-])N4C)OCO2. The van der Waals surface area contributed by atoms with Crippen LogP contribution in [0.3, 0.4) is 0 Å². The fourth-order valence-corrected chi connectivity index (χ4v) is 7.70. The molecule has 4 aliphatic rings. The first kappa shape index (κ1) is 29.0. The van der Waals surface area contributed by atoms with E-state index in [1.54, 1.807) is 20.3 Å². The van der Waals surface area contributed by atoms with E-state index in [4.69, 9.17) is 28.4 Å². The minimum atomic E-state index is -0.492. The zero-order valence-electron chi connectivity index (χ0n) is 25.1. The van der Waals surface area contributed by atoms with Gasteiger partial charge in [0.05, 0.1) is 19.2 Å². The number of benzene rings is 2. The highest BCUT2D eigenvalue weighted by molar-refractivity contribution is 5.66. The van der Waals surface area contributed by atoms with E-state index in [1.807, 2.05) is 13.8 Å². The summed E-state index contributed by atoms with van der Waals surface area (Å²) in [5.74, 6) is 3.25. The highest BCUT2D eigenvalue weighted by atomic mass is 16.7. The van der Waals surface area contributed by atoms with E-state index in [0.29, 0.717) is 48.2 Å². The molecule has 0 radical (unpaired) electrons. The summed E-state index contributed by atoms with van der Waals surface area (Å²) < 4.78 is 35.7. The Labute approximate surface area is 250 Å². The number of nitrogens with zero attached hydrogens (tertiary/aromatic N) is 6. The van der Waals surface area contributed by atoms with Crippen molar-refractivity contribution in [3.63, 3.8) is 0 Å². The molecular formula is C31H36N6O6. The van der Waals surface area contributed by atoms with Crippen molar-refractivity contribution in [2.75, 3.05) is 48.0 Å². The average Bonchev–Trinajstić information content (AvgIpc) is 3.49. The van der Waals surface area contributed by atoms with Gasteiger partial charge in [-0.25, -0.2) is 0 Å². The Kier molecular flexibility index (Phi) is 7.75. The first-order chi connectivity index (χ1) is 20.9. The molecule has 1 unspecified atom stereocenters. The van der Waals surface area contributed by atoms with E-state index < -0.39 is 12.1 Å². The van der Waals surface area contributed by atoms with E-state index in [9.17, 15) is 10.8 Å². The molecule has 1 fully saturated rings. The number of hydrogen-bond acceptors (Lipinski definition) is 10. The highest BCUT2D eigenvalue weighted by Crippen LogP contribution is 2.58. The lowest BCUT2D eigenvalue weighted by atomic mass is 9.71. The van der Waals surface area contributed by atoms with Gasteiger partial charge in [-0.2, -0.15) is 5.26 Å². The van der Waals surface area contributed by atoms with Crippen LogP contribution in [-0.4, -0.2) is 75.9 Å². The zero-order chi connectivity index (χ0) is 30.4. The molecule has 0 amide bonds. The molecule has 12 nitrogen and oxygen atoms in total. The number of piperazine rings is 1. The number of methoxy groups -OCH3 is 2. The number of aryl methyl sites for hydroxylation is 1. The second-order valence-electron chi connectivity index (χ2n) is 11.3. The number of hydrogen-bond donors (Lipinski definition) is 0. The van der Waals surface area contributed by atoms with Crippen molar-refractivity contribution in [2.24, 2.45) is 5.11 Å². The Morgan fingerprint density at radius 3 is 2.63 bits per heavy atom. The Hall–Kier alpha value is -4.14. The number of likely N-dealkylation sites (N-methyl/N-ethyl adjacent to an activating group) is 1. The predicted octanol–water partition coefficient (Wildman–Crippen LogP) is 4.67. The average molecular weight is 589 g/mol. The van der Waals surface area contributed by atoms with Crippen LogP contribution in [0.5, 0.6) is 28.7 Å². The first-order valence-electron chi connectivity index (χ1n) is 14.3. The van der Waals surface area contributed by atoms with Gasteiger partial charge in [0.25, 0.3) is 0 Å². The van der Waals surface area contributed by atoms with Crippen molar-refractivity contribution in [1.82, 2.24) is 9.80 Å². The van der Waals surface area contributed by atoms with E-state index in [2.05, 4.69) is 45.6 Å². The van der Waals surface area contributed by atoms with Crippen molar-refractivity contribution in [3.05, 3.63) is 62.5 Å². The standard InChI is InChI=1S/C31H36N6O6/c1-7-8-40-28-17(3)29-31(43-15-42-29)25-19(28)11-21-26-24-18(9-16(2)27(39-6)30(24)41-14-38-5)10-20(36(26)4)22(12-32)37(21)23(25)13-34-35-33/h7,9,20-23,26H,1,8,10-11,13-15H2,2-6H3/t20-,21-,22-,23-,26?/m0/s1. The first-order valence-corrected chi connectivity index (χ1v) is 14.3. The molecule has 6 rings (SSSR count). The number of fused-ring (bicyclic) bond motifs is 9. The quantitative estimate of drug-likeness (QED) is 0.135. The maximum absolute atomic E-state index is 10.7. The van der Waals surface area contributed by atoms with Gasteiger partial charge < -0.3 is 28.4 Å². The van der Waals surface area contributed by atoms with Crippen LogP contribution < -0.4 is 23.7 Å². The van der Waals surface area contributed by atoms with Gasteiger partial charge in [0.15, 0.2) is 29.8 Å². The Morgan fingerprint density at radius 2 is 1.93 bits per heavy atom. The molecule has 0 aromatic heterocycles. The summed E-state index contributed by atoms with van der Waals surface area (Å²) in [5.41, 5.74) is 15.2. The number of azide groups is 1. The van der Waals surface area contributed by atoms with Gasteiger partial charge in [-0.05, 0) is 50.4 Å². The highest BCUT2D eigenvalue weighted by Gasteiger charge is 2.56. The third-order valence-corrected chi connectivity index (χ3v) is 9.23. The molecule has 0 N–H and O–H groups in total. The van der Waals surface area contributed by atoms with Gasteiger partial charge >= 0.3 is 0 Å². The van der Waals surface area contributed by atoms with Crippen LogP contribution >= 0.6 is 0 Å². The summed E-state index contributed by atoms with van der Waals surface area (Å²) in [7, 11) is 5.31. The lowest BCUT2D eigenvalue weighted by Crippen LogP contribution is -2.68. The van der Waals surface area contributed by atoms with E-state index >= 15 is 0 Å². The third kappa shape index (κ3) is 4.34. The second-order valence-corrected chi connectivity index (χ2v) is 11.3. The molecule has 4 heterocycles. The van der Waals surface area contributed by atoms with Crippen LogP contribution in [0.2, 0.25) is 0 Å². The van der Waals surface area contributed by atoms with Crippen LogP contribution in [0, 0.1) is 25.2 Å². The van der Waals surface area contributed by atoms with Crippen LogP contribution in [0.1, 0.15) is 45.5 Å². The Balaban J connectivity index is 1.62. The van der Waals surface area contributed by atoms with Crippen molar-refractivity contribution in [1.29, 1.82) is 5.26 Å². The van der Waals surface area contributed by atoms with E-state index in [-0.39, 0.29) is 38.3 Å². The number of rotatable bonds is 9. The normalized spacial score (nSPS) is 25.0. The van der Waals surface area contributed by atoms with Gasteiger partial charge in [0.1, 0.15) is 18.4 Å². The Bertz CT molecular complexity index is 1550. The molecule has 2 aromatic rings. The molecule has 2 bridgehead atoms. The second kappa shape index (κ2) is 11.5. The van der Waals surface area contributed by atoms with Gasteiger partial charge in [0.2, 0.25) is 6.79 Å². The predicted molar refractivity (Wildman–Crippen MR) is 157 cm³/mol. The van der Waals surface area contributed by atoms with Crippen LogP contribution in [-0.2, 0) is 17.6 Å². The van der Waals surface area contributed by atoms with Crippen molar-refractivity contribution < 1.29 is 28.4 Å². The lowest BCUT2D eigenvalue weighted by molar-refractivity contribution is -0.0719. The summed E-state index contributed by atoms with van der Waals surface area (Å²) in [6.07, 6.45) is 2.89. The van der Waals surface area contributed by atoms with Gasteiger partial charge in [-0.3, -0.25) is 9.80 Å².